The molecule has 0 spiro atoms. The van der Waals surface area contributed by atoms with E-state index in [1.165, 1.54) is 0 Å². The van der Waals surface area contributed by atoms with Crippen LogP contribution in [0.15, 0.2) is 23.0 Å². The van der Waals surface area contributed by atoms with Gasteiger partial charge in [-0.1, -0.05) is 5.16 Å². The maximum absolute atomic E-state index is 11.3. The molecule has 2 rings (SSSR count). The monoisotopic (exact) mass is 233 g/mol. The number of aromatic nitrogens is 3. The zero-order valence-corrected chi connectivity index (χ0v) is 9.51. The number of ether oxygens (including phenoxy) is 1. The van der Waals surface area contributed by atoms with E-state index < -0.39 is 5.97 Å². The van der Waals surface area contributed by atoms with Crippen molar-refractivity contribution in [3.8, 4) is 11.4 Å². The number of rotatable bonds is 3. The van der Waals surface area contributed by atoms with E-state index in [2.05, 4.69) is 15.1 Å². The van der Waals surface area contributed by atoms with Crippen molar-refractivity contribution in [2.24, 2.45) is 0 Å². The van der Waals surface area contributed by atoms with Crippen LogP contribution in [-0.2, 0) is 4.74 Å². The normalized spacial score (nSPS) is 10.2. The van der Waals surface area contributed by atoms with Gasteiger partial charge in [-0.3, -0.25) is 4.98 Å². The molecule has 0 aliphatic heterocycles. The highest BCUT2D eigenvalue weighted by Crippen LogP contribution is 2.18. The van der Waals surface area contributed by atoms with Crippen molar-refractivity contribution in [3.05, 3.63) is 29.9 Å². The maximum Gasteiger partial charge on any atom is 0.397 e. The number of nitrogens with zero attached hydrogens (tertiary/aromatic N) is 3. The Morgan fingerprint density at radius 3 is 3.06 bits per heavy atom. The van der Waals surface area contributed by atoms with Gasteiger partial charge in [0.1, 0.15) is 0 Å². The zero-order valence-electron chi connectivity index (χ0n) is 9.51. The van der Waals surface area contributed by atoms with E-state index in [0.717, 1.165) is 11.1 Å². The van der Waals surface area contributed by atoms with Crippen LogP contribution < -0.4 is 0 Å². The molecule has 6 nitrogen and oxygen atoms in total. The fourth-order valence-corrected chi connectivity index (χ4v) is 1.31. The molecule has 0 fully saturated rings. The first-order valence-corrected chi connectivity index (χ1v) is 5.14. The molecule has 0 aliphatic carbocycles. The molecule has 0 aromatic carbocycles. The van der Waals surface area contributed by atoms with Crippen molar-refractivity contribution in [2.45, 2.75) is 13.8 Å². The van der Waals surface area contributed by atoms with Crippen molar-refractivity contribution in [3.63, 3.8) is 0 Å². The van der Waals surface area contributed by atoms with Gasteiger partial charge in [0.15, 0.2) is 0 Å². The lowest BCUT2D eigenvalue weighted by Crippen LogP contribution is -2.04. The molecule has 6 heteroatoms. The second kappa shape index (κ2) is 4.73. The van der Waals surface area contributed by atoms with Gasteiger partial charge in [-0.25, -0.2) is 4.79 Å². The Bertz CT molecular complexity index is 536. The molecule has 0 amide bonds. The molecule has 2 heterocycles. The van der Waals surface area contributed by atoms with Crippen LogP contribution in [0.5, 0.6) is 0 Å². The average molecular weight is 233 g/mol. The smallest absolute Gasteiger partial charge is 0.397 e. The third-order valence-corrected chi connectivity index (χ3v) is 2.16. The highest BCUT2D eigenvalue weighted by atomic mass is 16.6. The summed E-state index contributed by atoms with van der Waals surface area (Å²) < 4.78 is 9.58. The first kappa shape index (κ1) is 11.3. The minimum atomic E-state index is -0.618. The number of esters is 1. The Morgan fingerprint density at radius 2 is 2.35 bits per heavy atom. The van der Waals surface area contributed by atoms with Crippen molar-refractivity contribution >= 4 is 5.97 Å². The van der Waals surface area contributed by atoms with Crippen LogP contribution in [0.1, 0.15) is 23.2 Å². The van der Waals surface area contributed by atoms with E-state index >= 15 is 0 Å². The predicted octanol–water partition coefficient (Wildman–Crippen LogP) is 1.62. The molecule has 0 unspecified atom stereocenters. The fraction of sp³-hybridized carbons (Fsp3) is 0.273. The van der Waals surface area contributed by atoms with Gasteiger partial charge < -0.3 is 9.26 Å². The molecule has 0 radical (unpaired) electrons. The molecule has 17 heavy (non-hydrogen) atoms. The van der Waals surface area contributed by atoms with Crippen LogP contribution in [0.3, 0.4) is 0 Å². The minimum absolute atomic E-state index is 0.148. The SMILES string of the molecule is CCOC(=O)c1nc(-c2cnccc2C)no1. The third-order valence-electron chi connectivity index (χ3n) is 2.16. The number of carbonyl (C=O) groups is 1. The highest BCUT2D eigenvalue weighted by Gasteiger charge is 2.17. The molecule has 2 aromatic rings. The summed E-state index contributed by atoms with van der Waals surface area (Å²) >= 11 is 0. The summed E-state index contributed by atoms with van der Waals surface area (Å²) in [5.41, 5.74) is 1.68. The molecule has 0 bridgehead atoms. The number of aryl methyl sites for hydroxylation is 1. The fourth-order valence-electron chi connectivity index (χ4n) is 1.31. The van der Waals surface area contributed by atoms with Crippen LogP contribution in [-0.4, -0.2) is 27.7 Å². The van der Waals surface area contributed by atoms with E-state index in [1.54, 1.807) is 19.3 Å². The Morgan fingerprint density at radius 1 is 1.53 bits per heavy atom. The highest BCUT2D eigenvalue weighted by molar-refractivity contribution is 5.84. The summed E-state index contributed by atoms with van der Waals surface area (Å²) in [4.78, 5) is 19.3. The maximum atomic E-state index is 11.3. The van der Waals surface area contributed by atoms with Crippen molar-refractivity contribution in [1.82, 2.24) is 15.1 Å². The Hall–Kier alpha value is -2.24. The minimum Gasteiger partial charge on any atom is -0.459 e. The largest absolute Gasteiger partial charge is 0.459 e. The lowest BCUT2D eigenvalue weighted by atomic mass is 10.1. The van der Waals surface area contributed by atoms with Crippen LogP contribution >= 0.6 is 0 Å². The average Bonchev–Trinajstić information content (AvgIpc) is 2.79. The van der Waals surface area contributed by atoms with Gasteiger partial charge in [-0.15, -0.1) is 0 Å². The summed E-state index contributed by atoms with van der Waals surface area (Å²) in [6, 6.07) is 1.83. The van der Waals surface area contributed by atoms with Crippen molar-refractivity contribution in [2.75, 3.05) is 6.61 Å². The molecule has 0 saturated heterocycles. The molecular weight excluding hydrogens is 222 g/mol. The Kier molecular flexibility index (Phi) is 3.13. The second-order valence-electron chi connectivity index (χ2n) is 3.33. The van der Waals surface area contributed by atoms with Crippen molar-refractivity contribution in [1.29, 1.82) is 0 Å². The second-order valence-corrected chi connectivity index (χ2v) is 3.33. The number of hydrogen-bond acceptors (Lipinski definition) is 6. The zero-order chi connectivity index (χ0) is 12.3. The first-order valence-electron chi connectivity index (χ1n) is 5.14. The van der Waals surface area contributed by atoms with Crippen LogP contribution in [0.4, 0.5) is 0 Å². The van der Waals surface area contributed by atoms with Gasteiger partial charge in [0, 0.05) is 18.0 Å². The molecule has 0 saturated carbocycles. The van der Waals surface area contributed by atoms with Gasteiger partial charge in [0.2, 0.25) is 5.82 Å². The molecule has 0 atom stereocenters. The summed E-state index contributed by atoms with van der Waals surface area (Å²) in [6.45, 7) is 3.88. The van der Waals surface area contributed by atoms with Crippen LogP contribution in [0.2, 0.25) is 0 Å². The summed E-state index contributed by atoms with van der Waals surface area (Å²) in [5.74, 6) is -0.434. The first-order chi connectivity index (χ1) is 8.22. The Balaban J connectivity index is 2.30. The summed E-state index contributed by atoms with van der Waals surface area (Å²) in [6.07, 6.45) is 3.29. The third kappa shape index (κ3) is 2.30. The molecular formula is C11H11N3O3. The number of pyridine rings is 1. The van der Waals surface area contributed by atoms with E-state index in [1.807, 2.05) is 13.0 Å². The lowest BCUT2D eigenvalue weighted by Gasteiger charge is -1.97. The van der Waals surface area contributed by atoms with E-state index in [-0.39, 0.29) is 12.5 Å². The predicted molar refractivity (Wildman–Crippen MR) is 58.2 cm³/mol. The number of carbonyl (C=O) groups excluding carboxylic acids is 1. The summed E-state index contributed by atoms with van der Waals surface area (Å²) in [7, 11) is 0. The topological polar surface area (TPSA) is 78.1 Å². The molecule has 2 aromatic heterocycles. The molecule has 0 aliphatic rings. The molecule has 0 N–H and O–H groups in total. The lowest BCUT2D eigenvalue weighted by molar-refractivity contribution is 0.0470. The molecule has 88 valence electrons. The number of hydrogen-bond donors (Lipinski definition) is 0. The van der Waals surface area contributed by atoms with Gasteiger partial charge in [-0.05, 0) is 25.5 Å². The van der Waals surface area contributed by atoms with E-state index in [9.17, 15) is 4.79 Å². The van der Waals surface area contributed by atoms with Gasteiger partial charge >= 0.3 is 11.9 Å². The van der Waals surface area contributed by atoms with Gasteiger partial charge in [0.05, 0.1) is 6.61 Å². The van der Waals surface area contributed by atoms with E-state index in [0.29, 0.717) is 5.82 Å². The Labute approximate surface area is 97.6 Å². The van der Waals surface area contributed by atoms with Gasteiger partial charge in [-0.2, -0.15) is 4.98 Å². The van der Waals surface area contributed by atoms with Gasteiger partial charge in [0.25, 0.3) is 0 Å². The van der Waals surface area contributed by atoms with Crippen LogP contribution in [0.25, 0.3) is 11.4 Å². The van der Waals surface area contributed by atoms with Crippen LogP contribution in [0, 0.1) is 6.92 Å². The van der Waals surface area contributed by atoms with E-state index in [4.69, 9.17) is 9.26 Å². The summed E-state index contributed by atoms with van der Waals surface area (Å²) in [5, 5.41) is 3.72. The quantitative estimate of drug-likeness (QED) is 0.749. The van der Waals surface area contributed by atoms with Crippen molar-refractivity contribution < 1.29 is 14.1 Å². The standard InChI is InChI=1S/C11H11N3O3/c1-3-16-11(15)10-13-9(14-17-10)8-6-12-5-4-7(8)2/h4-6H,3H2,1-2H3.